The Morgan fingerprint density at radius 1 is 1.35 bits per heavy atom. The Kier molecular flexibility index (Phi) is 3.86. The van der Waals surface area contributed by atoms with Gasteiger partial charge in [-0.1, -0.05) is 17.7 Å². The Bertz CT molecular complexity index is 486. The number of hydrogen-bond donors (Lipinski definition) is 1. The van der Waals surface area contributed by atoms with E-state index in [9.17, 15) is 8.42 Å². The molecule has 1 fully saturated rings. The van der Waals surface area contributed by atoms with Gasteiger partial charge in [0.2, 0.25) is 10.0 Å². The van der Waals surface area contributed by atoms with Gasteiger partial charge in [0.05, 0.1) is 5.25 Å². The van der Waals surface area contributed by atoms with Gasteiger partial charge in [0, 0.05) is 13.2 Å². The van der Waals surface area contributed by atoms with Crippen LogP contribution in [0.3, 0.4) is 0 Å². The van der Waals surface area contributed by atoms with Crippen molar-refractivity contribution in [3.05, 3.63) is 23.4 Å². The van der Waals surface area contributed by atoms with Crippen molar-refractivity contribution in [2.24, 2.45) is 0 Å². The van der Waals surface area contributed by atoms with Crippen LogP contribution in [0.1, 0.15) is 12.8 Å². The Hall–Kier alpha value is -0.850. The van der Waals surface area contributed by atoms with Crippen molar-refractivity contribution in [3.63, 3.8) is 0 Å². The summed E-state index contributed by atoms with van der Waals surface area (Å²) in [6.45, 7) is 0.961. The maximum Gasteiger partial charge on any atom is 0.236 e. The summed E-state index contributed by atoms with van der Waals surface area (Å²) in [5.74, 6) is 0.254. The van der Waals surface area contributed by atoms with Crippen LogP contribution in [0.2, 0.25) is 5.15 Å². The van der Waals surface area contributed by atoms with Crippen LogP contribution in [-0.2, 0) is 14.8 Å². The highest BCUT2D eigenvalue weighted by atomic mass is 35.5. The number of rotatable bonds is 3. The first-order valence-corrected chi connectivity index (χ1v) is 7.22. The standard InChI is InChI=1S/C10H13ClN2O3S/c11-9-2-1-3-10(12-9)13-17(14,15)8-4-6-16-7-5-8/h1-3,8H,4-7H2,(H,12,13). The Morgan fingerprint density at radius 3 is 2.71 bits per heavy atom. The van der Waals surface area contributed by atoms with Gasteiger partial charge in [-0.05, 0) is 25.0 Å². The van der Waals surface area contributed by atoms with E-state index >= 15 is 0 Å². The van der Waals surface area contributed by atoms with E-state index in [0.29, 0.717) is 26.1 Å². The summed E-state index contributed by atoms with van der Waals surface area (Å²) in [6.07, 6.45) is 1.02. The average Bonchev–Trinajstić information content (AvgIpc) is 2.29. The largest absolute Gasteiger partial charge is 0.381 e. The molecule has 0 bridgehead atoms. The van der Waals surface area contributed by atoms with Crippen LogP contribution < -0.4 is 4.72 Å². The van der Waals surface area contributed by atoms with Crippen LogP contribution in [0.4, 0.5) is 5.82 Å². The highest BCUT2D eigenvalue weighted by Gasteiger charge is 2.27. The minimum Gasteiger partial charge on any atom is -0.381 e. The molecule has 5 nitrogen and oxygen atoms in total. The van der Waals surface area contributed by atoms with Gasteiger partial charge in [0.15, 0.2) is 0 Å². The number of nitrogens with one attached hydrogen (secondary N) is 1. The number of halogens is 1. The number of ether oxygens (including phenoxy) is 1. The predicted octanol–water partition coefficient (Wildman–Crippen LogP) is 1.66. The Labute approximate surface area is 105 Å². The van der Waals surface area contributed by atoms with Crippen LogP contribution in [0.15, 0.2) is 18.2 Å². The van der Waals surface area contributed by atoms with E-state index in [1.165, 1.54) is 0 Å². The highest BCUT2D eigenvalue weighted by Crippen LogP contribution is 2.19. The molecule has 0 radical (unpaired) electrons. The van der Waals surface area contributed by atoms with E-state index in [-0.39, 0.29) is 11.0 Å². The molecule has 0 saturated carbocycles. The van der Waals surface area contributed by atoms with E-state index in [1.807, 2.05) is 0 Å². The summed E-state index contributed by atoms with van der Waals surface area (Å²) in [5, 5.41) is -0.158. The summed E-state index contributed by atoms with van der Waals surface area (Å²) in [7, 11) is -3.40. The van der Waals surface area contributed by atoms with Crippen molar-refractivity contribution in [2.75, 3.05) is 17.9 Å². The molecule has 0 aliphatic carbocycles. The van der Waals surface area contributed by atoms with Gasteiger partial charge in [-0.25, -0.2) is 13.4 Å². The number of nitrogens with zero attached hydrogens (tertiary/aromatic N) is 1. The fourth-order valence-corrected chi connectivity index (χ4v) is 3.23. The molecule has 2 heterocycles. The normalized spacial score (nSPS) is 17.9. The zero-order chi connectivity index (χ0) is 12.3. The second-order valence-corrected chi connectivity index (χ2v) is 6.15. The quantitative estimate of drug-likeness (QED) is 0.853. The molecule has 0 spiro atoms. The molecule has 1 N–H and O–H groups in total. The number of anilines is 1. The number of pyridine rings is 1. The fraction of sp³-hybridized carbons (Fsp3) is 0.500. The molecule has 0 unspecified atom stereocenters. The second kappa shape index (κ2) is 5.20. The molecule has 94 valence electrons. The van der Waals surface area contributed by atoms with Crippen molar-refractivity contribution in [1.82, 2.24) is 4.98 Å². The molecule has 2 rings (SSSR count). The third-order valence-corrected chi connectivity index (χ3v) is 4.62. The predicted molar refractivity (Wildman–Crippen MR) is 65.6 cm³/mol. The van der Waals surface area contributed by atoms with E-state index in [4.69, 9.17) is 16.3 Å². The number of hydrogen-bond acceptors (Lipinski definition) is 4. The SMILES string of the molecule is O=S(=O)(Nc1cccc(Cl)n1)C1CCOCC1. The number of aromatic nitrogens is 1. The van der Waals surface area contributed by atoms with Crippen molar-refractivity contribution in [2.45, 2.75) is 18.1 Å². The molecule has 1 aromatic rings. The van der Waals surface area contributed by atoms with Crippen LogP contribution in [0.25, 0.3) is 0 Å². The lowest BCUT2D eigenvalue weighted by Crippen LogP contribution is -2.33. The monoisotopic (exact) mass is 276 g/mol. The van der Waals surface area contributed by atoms with E-state index in [2.05, 4.69) is 9.71 Å². The first-order chi connectivity index (χ1) is 8.08. The lowest BCUT2D eigenvalue weighted by atomic mass is 10.2. The van der Waals surface area contributed by atoms with Crippen molar-refractivity contribution < 1.29 is 13.2 Å². The Morgan fingerprint density at radius 2 is 2.06 bits per heavy atom. The Balaban J connectivity index is 2.11. The van der Waals surface area contributed by atoms with Gasteiger partial charge in [-0.15, -0.1) is 0 Å². The zero-order valence-electron chi connectivity index (χ0n) is 9.10. The topological polar surface area (TPSA) is 68.3 Å². The number of sulfonamides is 1. The van der Waals surface area contributed by atoms with Gasteiger partial charge in [-0.2, -0.15) is 0 Å². The van der Waals surface area contributed by atoms with E-state index < -0.39 is 15.3 Å². The molecule has 1 aliphatic rings. The van der Waals surface area contributed by atoms with Crippen molar-refractivity contribution >= 4 is 27.4 Å². The van der Waals surface area contributed by atoms with Gasteiger partial charge in [-0.3, -0.25) is 4.72 Å². The first kappa shape index (κ1) is 12.6. The molecule has 17 heavy (non-hydrogen) atoms. The maximum atomic E-state index is 12.0. The third kappa shape index (κ3) is 3.31. The molecule has 0 atom stereocenters. The molecule has 1 saturated heterocycles. The minimum atomic E-state index is -3.40. The molecule has 0 amide bonds. The van der Waals surface area contributed by atoms with Crippen LogP contribution in [0, 0.1) is 0 Å². The first-order valence-electron chi connectivity index (χ1n) is 5.30. The molecule has 1 aromatic heterocycles. The smallest absolute Gasteiger partial charge is 0.236 e. The van der Waals surface area contributed by atoms with Crippen LogP contribution in [-0.4, -0.2) is 31.9 Å². The van der Waals surface area contributed by atoms with Gasteiger partial charge in [0.1, 0.15) is 11.0 Å². The van der Waals surface area contributed by atoms with Gasteiger partial charge < -0.3 is 4.74 Å². The molecule has 1 aliphatic heterocycles. The van der Waals surface area contributed by atoms with Gasteiger partial charge >= 0.3 is 0 Å². The highest BCUT2D eigenvalue weighted by molar-refractivity contribution is 7.93. The van der Waals surface area contributed by atoms with E-state index in [0.717, 1.165) is 0 Å². The summed E-state index contributed by atoms with van der Waals surface area (Å²) < 4.78 is 31.6. The van der Waals surface area contributed by atoms with Crippen LogP contribution >= 0.6 is 11.6 Å². The zero-order valence-corrected chi connectivity index (χ0v) is 10.7. The second-order valence-electron chi connectivity index (χ2n) is 3.80. The maximum absolute atomic E-state index is 12.0. The minimum absolute atomic E-state index is 0.254. The lowest BCUT2D eigenvalue weighted by Gasteiger charge is -2.22. The summed E-state index contributed by atoms with van der Waals surface area (Å²) >= 11 is 5.69. The summed E-state index contributed by atoms with van der Waals surface area (Å²) in [4.78, 5) is 3.90. The fourth-order valence-electron chi connectivity index (χ4n) is 1.68. The third-order valence-electron chi connectivity index (χ3n) is 2.57. The molecular formula is C10H13ClN2O3S. The lowest BCUT2D eigenvalue weighted by molar-refractivity contribution is 0.0984. The van der Waals surface area contributed by atoms with Crippen molar-refractivity contribution in [1.29, 1.82) is 0 Å². The molecule has 7 heteroatoms. The molecular weight excluding hydrogens is 264 g/mol. The molecule has 0 aromatic carbocycles. The van der Waals surface area contributed by atoms with Gasteiger partial charge in [0.25, 0.3) is 0 Å². The van der Waals surface area contributed by atoms with Crippen molar-refractivity contribution in [3.8, 4) is 0 Å². The summed E-state index contributed by atoms with van der Waals surface area (Å²) in [5.41, 5.74) is 0. The summed E-state index contributed by atoms with van der Waals surface area (Å²) in [6, 6.07) is 4.81. The van der Waals surface area contributed by atoms with E-state index in [1.54, 1.807) is 18.2 Å². The average molecular weight is 277 g/mol. The van der Waals surface area contributed by atoms with Crippen LogP contribution in [0.5, 0.6) is 0 Å².